The largest absolute Gasteiger partial charge is 0.411 e. The van der Waals surface area contributed by atoms with E-state index in [-0.39, 0.29) is 6.61 Å². The highest BCUT2D eigenvalue weighted by Crippen LogP contribution is 2.25. The number of halogens is 5. The molecule has 0 radical (unpaired) electrons. The van der Waals surface area contributed by atoms with E-state index in [1.165, 1.54) is 0 Å². The summed E-state index contributed by atoms with van der Waals surface area (Å²) in [5.41, 5.74) is 0.804. The van der Waals surface area contributed by atoms with Crippen molar-refractivity contribution in [1.82, 2.24) is 0 Å². The molecule has 0 atom stereocenters. The Kier molecular flexibility index (Phi) is 6.25. The van der Waals surface area contributed by atoms with Crippen LogP contribution in [0.2, 0.25) is 5.02 Å². The molecule has 0 aromatic heterocycles. The second kappa shape index (κ2) is 7.21. The molecule has 0 bridgehead atoms. The van der Waals surface area contributed by atoms with Crippen LogP contribution in [0.5, 0.6) is 0 Å². The fourth-order valence-electron chi connectivity index (χ4n) is 1.22. The van der Waals surface area contributed by atoms with Crippen molar-refractivity contribution >= 4 is 33.2 Å². The molecule has 0 fully saturated rings. The lowest BCUT2D eigenvalue weighted by Gasteiger charge is -2.10. The fraction of sp³-hybridized carbons (Fsp3) is 0.455. The maximum Gasteiger partial charge on any atom is 0.411 e. The second-order valence-electron chi connectivity index (χ2n) is 3.57. The fourth-order valence-corrected chi connectivity index (χ4v) is 1.78. The Morgan fingerprint density at radius 3 is 2.72 bits per heavy atom. The van der Waals surface area contributed by atoms with Crippen LogP contribution in [-0.2, 0) is 4.74 Å². The SMILES string of the molecule is FC(F)(F)COCCCNc1cc(Cl)ccc1Br. The van der Waals surface area contributed by atoms with E-state index in [9.17, 15) is 13.2 Å². The highest BCUT2D eigenvalue weighted by Gasteiger charge is 2.27. The third-order valence-electron chi connectivity index (χ3n) is 1.98. The summed E-state index contributed by atoms with van der Waals surface area (Å²) >= 11 is 9.16. The normalized spacial score (nSPS) is 11.6. The Labute approximate surface area is 117 Å². The Morgan fingerprint density at radius 2 is 2.06 bits per heavy atom. The molecule has 1 rings (SSSR count). The molecule has 18 heavy (non-hydrogen) atoms. The summed E-state index contributed by atoms with van der Waals surface area (Å²) in [5, 5.41) is 3.65. The van der Waals surface area contributed by atoms with Gasteiger partial charge in [-0.05, 0) is 40.5 Å². The van der Waals surface area contributed by atoms with Gasteiger partial charge in [0, 0.05) is 28.3 Å². The molecule has 0 amide bonds. The van der Waals surface area contributed by atoms with Crippen molar-refractivity contribution in [3.8, 4) is 0 Å². The van der Waals surface area contributed by atoms with E-state index >= 15 is 0 Å². The summed E-state index contributed by atoms with van der Waals surface area (Å²) in [5.74, 6) is 0. The average Bonchev–Trinajstić information content (AvgIpc) is 2.26. The molecular weight excluding hydrogens is 334 g/mol. The highest BCUT2D eigenvalue weighted by molar-refractivity contribution is 9.10. The monoisotopic (exact) mass is 345 g/mol. The molecule has 1 aromatic carbocycles. The van der Waals surface area contributed by atoms with Gasteiger partial charge in [-0.2, -0.15) is 13.2 Å². The van der Waals surface area contributed by atoms with Crippen molar-refractivity contribution in [2.45, 2.75) is 12.6 Å². The number of hydrogen-bond acceptors (Lipinski definition) is 2. The van der Waals surface area contributed by atoms with E-state index in [1.54, 1.807) is 18.2 Å². The van der Waals surface area contributed by atoms with Gasteiger partial charge in [0.15, 0.2) is 0 Å². The van der Waals surface area contributed by atoms with Crippen molar-refractivity contribution in [1.29, 1.82) is 0 Å². The number of hydrogen-bond donors (Lipinski definition) is 1. The van der Waals surface area contributed by atoms with E-state index in [2.05, 4.69) is 26.0 Å². The second-order valence-corrected chi connectivity index (χ2v) is 4.86. The molecule has 0 heterocycles. The summed E-state index contributed by atoms with van der Waals surface area (Å²) in [6, 6.07) is 5.27. The third-order valence-corrected chi connectivity index (χ3v) is 2.90. The van der Waals surface area contributed by atoms with Crippen LogP contribution in [0, 0.1) is 0 Å². The molecule has 0 saturated heterocycles. The lowest BCUT2D eigenvalue weighted by atomic mass is 10.3. The Hall–Kier alpha value is -0.460. The van der Waals surface area contributed by atoms with Gasteiger partial charge in [0.1, 0.15) is 6.61 Å². The van der Waals surface area contributed by atoms with Gasteiger partial charge in [0.05, 0.1) is 0 Å². The van der Waals surface area contributed by atoms with Crippen LogP contribution in [0.1, 0.15) is 6.42 Å². The molecule has 0 saturated carbocycles. The van der Waals surface area contributed by atoms with Gasteiger partial charge in [0.25, 0.3) is 0 Å². The Morgan fingerprint density at radius 1 is 1.33 bits per heavy atom. The van der Waals surface area contributed by atoms with E-state index < -0.39 is 12.8 Å². The van der Waals surface area contributed by atoms with Gasteiger partial charge in [-0.15, -0.1) is 0 Å². The number of alkyl halides is 3. The number of anilines is 1. The molecule has 7 heteroatoms. The predicted molar refractivity (Wildman–Crippen MR) is 69.1 cm³/mol. The van der Waals surface area contributed by atoms with Crippen molar-refractivity contribution in [2.24, 2.45) is 0 Å². The molecule has 1 aromatic rings. The van der Waals surface area contributed by atoms with E-state index in [4.69, 9.17) is 11.6 Å². The van der Waals surface area contributed by atoms with Crippen molar-refractivity contribution in [2.75, 3.05) is 25.1 Å². The van der Waals surface area contributed by atoms with Gasteiger partial charge in [-0.25, -0.2) is 0 Å². The van der Waals surface area contributed by atoms with Crippen LogP contribution in [0.15, 0.2) is 22.7 Å². The van der Waals surface area contributed by atoms with E-state index in [1.807, 2.05) is 0 Å². The number of rotatable bonds is 6. The molecule has 0 aliphatic rings. The minimum absolute atomic E-state index is 0.0602. The lowest BCUT2D eigenvalue weighted by molar-refractivity contribution is -0.173. The van der Waals surface area contributed by atoms with Gasteiger partial charge >= 0.3 is 6.18 Å². The molecule has 0 unspecified atom stereocenters. The van der Waals surface area contributed by atoms with Crippen LogP contribution in [0.4, 0.5) is 18.9 Å². The maximum atomic E-state index is 11.8. The Bertz CT molecular complexity index is 387. The summed E-state index contributed by atoms with van der Waals surface area (Å²) in [6.45, 7) is -0.630. The van der Waals surface area contributed by atoms with Crippen LogP contribution in [-0.4, -0.2) is 25.9 Å². The van der Waals surface area contributed by atoms with Gasteiger partial charge in [0.2, 0.25) is 0 Å². The number of ether oxygens (including phenoxy) is 1. The van der Waals surface area contributed by atoms with Crippen molar-refractivity contribution < 1.29 is 17.9 Å². The first-order valence-electron chi connectivity index (χ1n) is 5.22. The highest BCUT2D eigenvalue weighted by atomic mass is 79.9. The standard InChI is InChI=1S/C11H12BrClF3NO/c12-9-3-2-8(13)6-10(9)17-4-1-5-18-7-11(14,15)16/h2-3,6,17H,1,4-5,7H2. The van der Waals surface area contributed by atoms with Gasteiger partial charge in [-0.1, -0.05) is 11.6 Å². The third kappa shape index (κ3) is 6.47. The van der Waals surface area contributed by atoms with Crippen LogP contribution in [0.25, 0.3) is 0 Å². The molecular formula is C11H12BrClF3NO. The first-order chi connectivity index (χ1) is 8.38. The minimum Gasteiger partial charge on any atom is -0.384 e. The van der Waals surface area contributed by atoms with Gasteiger partial charge in [-0.3, -0.25) is 0 Å². The maximum absolute atomic E-state index is 11.8. The topological polar surface area (TPSA) is 21.3 Å². The molecule has 2 nitrogen and oxygen atoms in total. The van der Waals surface area contributed by atoms with E-state index in [0.29, 0.717) is 18.0 Å². The summed E-state index contributed by atoms with van der Waals surface area (Å²) < 4.78 is 40.6. The van der Waals surface area contributed by atoms with Crippen molar-refractivity contribution in [3.05, 3.63) is 27.7 Å². The zero-order chi connectivity index (χ0) is 13.6. The number of nitrogens with one attached hydrogen (secondary N) is 1. The van der Waals surface area contributed by atoms with Crippen LogP contribution < -0.4 is 5.32 Å². The van der Waals surface area contributed by atoms with Crippen LogP contribution in [0.3, 0.4) is 0 Å². The predicted octanol–water partition coefficient (Wildman–Crippen LogP) is 4.48. The molecule has 1 N–H and O–H groups in total. The number of benzene rings is 1. The lowest BCUT2D eigenvalue weighted by Crippen LogP contribution is -2.18. The first-order valence-corrected chi connectivity index (χ1v) is 6.39. The first kappa shape index (κ1) is 15.6. The summed E-state index contributed by atoms with van der Waals surface area (Å²) in [4.78, 5) is 0. The molecule has 0 spiro atoms. The molecule has 102 valence electrons. The quantitative estimate of drug-likeness (QED) is 0.767. The zero-order valence-electron chi connectivity index (χ0n) is 9.36. The zero-order valence-corrected chi connectivity index (χ0v) is 11.7. The molecule has 0 aliphatic heterocycles. The van der Waals surface area contributed by atoms with Crippen LogP contribution >= 0.6 is 27.5 Å². The smallest absolute Gasteiger partial charge is 0.384 e. The molecule has 0 aliphatic carbocycles. The van der Waals surface area contributed by atoms with Gasteiger partial charge < -0.3 is 10.1 Å². The summed E-state index contributed by atoms with van der Waals surface area (Å²) in [7, 11) is 0. The minimum atomic E-state index is -4.26. The van der Waals surface area contributed by atoms with Crippen molar-refractivity contribution in [3.63, 3.8) is 0 Å². The Balaban J connectivity index is 2.20. The van der Waals surface area contributed by atoms with E-state index in [0.717, 1.165) is 10.2 Å². The summed E-state index contributed by atoms with van der Waals surface area (Å²) in [6.07, 6.45) is -3.78. The average molecular weight is 347 g/mol.